The lowest BCUT2D eigenvalue weighted by Gasteiger charge is -1.97. The zero-order valence-electron chi connectivity index (χ0n) is 13.4. The number of nitrogens with zero attached hydrogens (tertiary/aromatic N) is 2. The highest BCUT2D eigenvalue weighted by Crippen LogP contribution is 2.29. The minimum atomic E-state index is -0.0955. The summed E-state index contributed by atoms with van der Waals surface area (Å²) >= 11 is 7.25. The molecule has 0 atom stereocenters. The average Bonchev–Trinajstić information content (AvgIpc) is 2.99. The number of Topliss-reactive ketones (excluding diaryl/α,β-unsaturated/α-hetero) is 1. The number of hydrogen-bond acceptors (Lipinski definition) is 5. The van der Waals surface area contributed by atoms with Gasteiger partial charge in [-0.05, 0) is 31.2 Å². The van der Waals surface area contributed by atoms with E-state index in [1.54, 1.807) is 36.4 Å². The van der Waals surface area contributed by atoms with Crippen LogP contribution in [-0.2, 0) is 0 Å². The second-order valence-corrected chi connectivity index (χ2v) is 6.83. The second kappa shape index (κ2) is 7.59. The maximum Gasteiger partial charge on any atom is 0.196 e. The number of aliphatic imine (C=N–C) groups is 1. The smallest absolute Gasteiger partial charge is 0.196 e. The number of aromatic hydroxyl groups is 1. The zero-order chi connectivity index (χ0) is 17.8. The molecule has 3 aromatic rings. The normalized spacial score (nSPS) is 11.1. The number of para-hydroxylation sites is 1. The van der Waals surface area contributed by atoms with E-state index in [1.807, 2.05) is 19.1 Å². The lowest BCUT2D eigenvalue weighted by atomic mass is 10.2. The highest BCUT2D eigenvalue weighted by molar-refractivity contribution is 7.17. The van der Waals surface area contributed by atoms with E-state index in [0.717, 1.165) is 10.6 Å². The molecule has 3 rings (SSSR count). The maximum atomic E-state index is 12.4. The van der Waals surface area contributed by atoms with Crippen molar-refractivity contribution in [3.8, 4) is 16.3 Å². The lowest BCUT2D eigenvalue weighted by molar-refractivity contribution is 0.100. The highest BCUT2D eigenvalue weighted by Gasteiger charge is 2.15. The molecular formula is C19H15ClN2O2S. The van der Waals surface area contributed by atoms with E-state index in [9.17, 15) is 9.90 Å². The third-order valence-electron chi connectivity index (χ3n) is 3.54. The van der Waals surface area contributed by atoms with Gasteiger partial charge in [0.2, 0.25) is 0 Å². The predicted octanol–water partition coefficient (Wildman–Crippen LogP) is 4.78. The lowest BCUT2D eigenvalue weighted by Crippen LogP contribution is -2.03. The van der Waals surface area contributed by atoms with Gasteiger partial charge in [-0.3, -0.25) is 9.79 Å². The van der Waals surface area contributed by atoms with Crippen LogP contribution in [0.15, 0.2) is 53.5 Å². The molecule has 0 saturated heterocycles. The Morgan fingerprint density at radius 3 is 2.68 bits per heavy atom. The molecule has 1 N–H and O–H groups in total. The molecule has 0 unspecified atom stereocenters. The van der Waals surface area contributed by atoms with Crippen LogP contribution in [0.25, 0.3) is 10.6 Å². The third-order valence-corrected chi connectivity index (χ3v) is 5.04. The number of phenolic OH excluding ortho intramolecular Hbond substituents is 1. The van der Waals surface area contributed by atoms with Gasteiger partial charge in [-0.15, -0.1) is 11.3 Å². The molecule has 0 spiro atoms. The average molecular weight is 371 g/mol. The van der Waals surface area contributed by atoms with Crippen LogP contribution < -0.4 is 0 Å². The van der Waals surface area contributed by atoms with Gasteiger partial charge in [0.15, 0.2) is 5.78 Å². The Hall–Kier alpha value is -2.50. The van der Waals surface area contributed by atoms with E-state index >= 15 is 0 Å². The van der Waals surface area contributed by atoms with Gasteiger partial charge in [-0.2, -0.15) is 0 Å². The van der Waals surface area contributed by atoms with Crippen molar-refractivity contribution in [2.24, 2.45) is 4.99 Å². The summed E-state index contributed by atoms with van der Waals surface area (Å²) in [4.78, 5) is 21.6. The van der Waals surface area contributed by atoms with Crippen molar-refractivity contribution in [3.63, 3.8) is 0 Å². The monoisotopic (exact) mass is 370 g/mol. The number of phenols is 1. The van der Waals surface area contributed by atoms with E-state index in [1.165, 1.54) is 17.6 Å². The molecule has 0 radical (unpaired) electrons. The first kappa shape index (κ1) is 17.3. The van der Waals surface area contributed by atoms with E-state index < -0.39 is 0 Å². The van der Waals surface area contributed by atoms with Gasteiger partial charge < -0.3 is 5.11 Å². The number of aryl methyl sites for hydroxylation is 1. The summed E-state index contributed by atoms with van der Waals surface area (Å²) in [6.07, 6.45) is 1.50. The number of hydrogen-bond donors (Lipinski definition) is 1. The largest absolute Gasteiger partial charge is 0.507 e. The molecule has 0 aliphatic heterocycles. The minimum absolute atomic E-state index is 0.0113. The van der Waals surface area contributed by atoms with Gasteiger partial charge in [-0.25, -0.2) is 4.98 Å². The molecule has 1 heterocycles. The van der Waals surface area contributed by atoms with Crippen molar-refractivity contribution < 1.29 is 9.90 Å². The molecule has 1 aromatic heterocycles. The zero-order valence-corrected chi connectivity index (χ0v) is 15.0. The first-order valence-electron chi connectivity index (χ1n) is 7.59. The molecule has 0 aliphatic rings. The fraction of sp³-hybridized carbons (Fsp3) is 0.105. The fourth-order valence-electron chi connectivity index (χ4n) is 2.27. The summed E-state index contributed by atoms with van der Waals surface area (Å²) in [6.45, 7) is 1.83. The van der Waals surface area contributed by atoms with Crippen LogP contribution in [0.1, 0.15) is 20.9 Å². The van der Waals surface area contributed by atoms with Crippen LogP contribution in [0, 0.1) is 6.92 Å². The van der Waals surface area contributed by atoms with Gasteiger partial charge in [0.05, 0.1) is 10.6 Å². The van der Waals surface area contributed by atoms with Crippen molar-refractivity contribution in [2.75, 3.05) is 6.54 Å². The summed E-state index contributed by atoms with van der Waals surface area (Å²) in [5.41, 5.74) is 2.20. The molecule has 0 fully saturated rings. The fourth-order valence-corrected chi connectivity index (χ4v) is 3.39. The van der Waals surface area contributed by atoms with E-state index in [4.69, 9.17) is 11.6 Å². The molecule has 25 heavy (non-hydrogen) atoms. The number of ketones is 1. The molecule has 0 bridgehead atoms. The Labute approximate surface area is 154 Å². The quantitative estimate of drug-likeness (QED) is 0.519. The summed E-state index contributed by atoms with van der Waals surface area (Å²) in [6, 6.07) is 14.2. The number of benzene rings is 2. The van der Waals surface area contributed by atoms with Crippen LogP contribution >= 0.6 is 22.9 Å². The predicted molar refractivity (Wildman–Crippen MR) is 102 cm³/mol. The number of carbonyl (C=O) groups is 1. The van der Waals surface area contributed by atoms with Gasteiger partial charge in [0, 0.05) is 22.4 Å². The first-order chi connectivity index (χ1) is 12.0. The summed E-state index contributed by atoms with van der Waals surface area (Å²) in [5, 5.41) is 11.1. The maximum absolute atomic E-state index is 12.4. The molecule has 0 aliphatic carbocycles. The third kappa shape index (κ3) is 4.13. The Kier molecular flexibility index (Phi) is 5.26. The van der Waals surface area contributed by atoms with E-state index in [0.29, 0.717) is 21.2 Å². The number of halogens is 1. The SMILES string of the molecule is Cc1nc(-c2ccc(Cl)cc2)sc1C(=O)CN=Cc1ccccc1O. The van der Waals surface area contributed by atoms with Gasteiger partial charge >= 0.3 is 0 Å². The second-order valence-electron chi connectivity index (χ2n) is 5.39. The van der Waals surface area contributed by atoms with E-state index in [2.05, 4.69) is 9.98 Å². The van der Waals surface area contributed by atoms with Crippen LogP contribution in [0.2, 0.25) is 5.02 Å². The minimum Gasteiger partial charge on any atom is -0.507 e. The molecule has 6 heteroatoms. The number of thiazole rings is 1. The van der Waals surface area contributed by atoms with E-state index in [-0.39, 0.29) is 18.1 Å². The standard InChI is InChI=1S/C19H15ClN2O2S/c1-12-18(25-19(22-12)13-6-8-15(20)9-7-13)17(24)11-21-10-14-4-2-3-5-16(14)23/h2-10,23H,11H2,1H3. The van der Waals surface area contributed by atoms with Gasteiger partial charge in [-0.1, -0.05) is 35.9 Å². The summed E-state index contributed by atoms with van der Waals surface area (Å²) < 4.78 is 0. The van der Waals surface area contributed by atoms with Crippen LogP contribution in [0.5, 0.6) is 5.75 Å². The number of rotatable bonds is 5. The summed E-state index contributed by atoms with van der Waals surface area (Å²) in [5.74, 6) is 0.0413. The Balaban J connectivity index is 1.74. The van der Waals surface area contributed by atoms with Crippen LogP contribution in [-0.4, -0.2) is 28.6 Å². The topological polar surface area (TPSA) is 62.5 Å². The van der Waals surface area contributed by atoms with Crippen molar-refractivity contribution in [2.45, 2.75) is 6.92 Å². The highest BCUT2D eigenvalue weighted by atomic mass is 35.5. The van der Waals surface area contributed by atoms with Crippen molar-refractivity contribution in [1.29, 1.82) is 0 Å². The van der Waals surface area contributed by atoms with Gasteiger partial charge in [0.1, 0.15) is 17.3 Å². The van der Waals surface area contributed by atoms with Crippen molar-refractivity contribution in [3.05, 3.63) is 69.7 Å². The van der Waals surface area contributed by atoms with Crippen LogP contribution in [0.4, 0.5) is 0 Å². The van der Waals surface area contributed by atoms with Gasteiger partial charge in [0.25, 0.3) is 0 Å². The molecule has 126 valence electrons. The van der Waals surface area contributed by atoms with Crippen LogP contribution in [0.3, 0.4) is 0 Å². The molecule has 4 nitrogen and oxygen atoms in total. The molecule has 2 aromatic carbocycles. The Bertz CT molecular complexity index is 933. The Morgan fingerprint density at radius 2 is 1.96 bits per heavy atom. The first-order valence-corrected chi connectivity index (χ1v) is 8.78. The molecule has 0 amide bonds. The number of aromatic nitrogens is 1. The number of carbonyl (C=O) groups excluding carboxylic acids is 1. The molecule has 0 saturated carbocycles. The van der Waals surface area contributed by atoms with Crippen molar-refractivity contribution >= 4 is 34.9 Å². The molecular weight excluding hydrogens is 356 g/mol. The summed E-state index contributed by atoms with van der Waals surface area (Å²) in [7, 11) is 0. The van der Waals surface area contributed by atoms with Crippen molar-refractivity contribution in [1.82, 2.24) is 4.98 Å². The Morgan fingerprint density at radius 1 is 1.24 bits per heavy atom.